The molecule has 2 amide bonds. The van der Waals surface area contributed by atoms with E-state index in [-0.39, 0.29) is 23.7 Å². The molecule has 6 nitrogen and oxygen atoms in total. The van der Waals surface area contributed by atoms with Crippen molar-refractivity contribution in [2.75, 3.05) is 19.6 Å². The van der Waals surface area contributed by atoms with Gasteiger partial charge >= 0.3 is 6.18 Å². The minimum atomic E-state index is -4.45. The predicted molar refractivity (Wildman–Crippen MR) is 122 cm³/mol. The Balaban J connectivity index is 1.45. The molecule has 4 rings (SSSR count). The van der Waals surface area contributed by atoms with Crippen molar-refractivity contribution in [2.45, 2.75) is 64.0 Å². The van der Waals surface area contributed by atoms with Crippen LogP contribution in [0.5, 0.6) is 0 Å². The van der Waals surface area contributed by atoms with Crippen molar-refractivity contribution in [3.8, 4) is 5.69 Å². The maximum absolute atomic E-state index is 13.3. The fourth-order valence-corrected chi connectivity index (χ4v) is 4.54. The fourth-order valence-electron chi connectivity index (χ4n) is 4.54. The Labute approximate surface area is 197 Å². The monoisotopic (exact) mass is 476 g/mol. The number of carbonyl (C=O) groups is 2. The average Bonchev–Trinajstić information content (AvgIpc) is 3.58. The lowest BCUT2D eigenvalue weighted by atomic mass is 9.95. The van der Waals surface area contributed by atoms with Gasteiger partial charge < -0.3 is 10.2 Å². The zero-order valence-electron chi connectivity index (χ0n) is 19.4. The highest BCUT2D eigenvalue weighted by atomic mass is 19.4. The Hall–Kier alpha value is -2.84. The molecule has 0 spiro atoms. The van der Waals surface area contributed by atoms with Crippen molar-refractivity contribution >= 4 is 11.8 Å². The maximum atomic E-state index is 13.3. The molecule has 1 N–H and O–H groups in total. The normalized spacial score (nSPS) is 17.1. The number of rotatable bonds is 8. The van der Waals surface area contributed by atoms with Gasteiger partial charge in [-0.2, -0.15) is 18.3 Å². The molecular formula is C25H31F3N4O2. The number of hydrogen-bond acceptors (Lipinski definition) is 3. The van der Waals surface area contributed by atoms with E-state index in [4.69, 9.17) is 0 Å². The number of nitrogens with one attached hydrogen (secondary N) is 1. The summed E-state index contributed by atoms with van der Waals surface area (Å²) < 4.78 is 41.1. The fraction of sp³-hybridized carbons (Fsp3) is 0.560. The van der Waals surface area contributed by atoms with Gasteiger partial charge in [0.15, 0.2) is 0 Å². The van der Waals surface area contributed by atoms with E-state index >= 15 is 0 Å². The number of halogens is 3. The molecule has 9 heteroatoms. The van der Waals surface area contributed by atoms with Crippen LogP contribution in [0.3, 0.4) is 0 Å². The van der Waals surface area contributed by atoms with E-state index in [2.05, 4.69) is 17.3 Å². The number of nitrogens with zero attached hydrogens (tertiary/aromatic N) is 3. The van der Waals surface area contributed by atoms with Crippen molar-refractivity contribution in [3.05, 3.63) is 47.3 Å². The zero-order chi connectivity index (χ0) is 24.3. The van der Waals surface area contributed by atoms with Crippen molar-refractivity contribution < 1.29 is 22.8 Å². The minimum absolute atomic E-state index is 0.0548. The first-order valence-corrected chi connectivity index (χ1v) is 12.1. The predicted octanol–water partition coefficient (Wildman–Crippen LogP) is 4.93. The molecule has 2 fully saturated rings. The molecule has 2 aliphatic rings. The molecule has 1 aromatic heterocycles. The summed E-state index contributed by atoms with van der Waals surface area (Å²) >= 11 is 0. The SMILES string of the molecule is CCCCCNC(=O)C1CCN(C(=O)c2cnn(-c3cccc(C(F)(F)F)c3)c2C2CC2)CC1. The number of aromatic nitrogens is 2. The van der Waals surface area contributed by atoms with Crippen LogP contribution in [-0.4, -0.2) is 46.1 Å². The number of alkyl halides is 3. The Morgan fingerprint density at radius 1 is 1.12 bits per heavy atom. The average molecular weight is 477 g/mol. The summed E-state index contributed by atoms with van der Waals surface area (Å²) in [5.41, 5.74) is 0.682. The van der Waals surface area contributed by atoms with Crippen molar-refractivity contribution in [1.82, 2.24) is 20.0 Å². The first-order chi connectivity index (χ1) is 16.3. The molecule has 1 saturated heterocycles. The molecule has 34 heavy (non-hydrogen) atoms. The zero-order valence-corrected chi connectivity index (χ0v) is 19.4. The van der Waals surface area contributed by atoms with E-state index in [1.807, 2.05) is 0 Å². The van der Waals surface area contributed by atoms with E-state index in [1.54, 1.807) is 11.0 Å². The summed E-state index contributed by atoms with van der Waals surface area (Å²) in [5.74, 6) is -0.0926. The Morgan fingerprint density at radius 3 is 2.50 bits per heavy atom. The lowest BCUT2D eigenvalue weighted by molar-refractivity contribution is -0.137. The van der Waals surface area contributed by atoms with Crippen LogP contribution in [0.4, 0.5) is 13.2 Å². The maximum Gasteiger partial charge on any atom is 0.416 e. The summed E-state index contributed by atoms with van der Waals surface area (Å²) in [5, 5.41) is 7.31. The second-order valence-corrected chi connectivity index (χ2v) is 9.24. The highest BCUT2D eigenvalue weighted by Gasteiger charge is 2.36. The van der Waals surface area contributed by atoms with Gasteiger partial charge in [-0.3, -0.25) is 9.59 Å². The van der Waals surface area contributed by atoms with Crippen LogP contribution in [0.25, 0.3) is 5.69 Å². The summed E-state index contributed by atoms with van der Waals surface area (Å²) in [6.07, 6.45) is 3.15. The third kappa shape index (κ3) is 5.45. The minimum Gasteiger partial charge on any atom is -0.356 e. The van der Waals surface area contributed by atoms with Crippen LogP contribution in [-0.2, 0) is 11.0 Å². The van der Waals surface area contributed by atoms with Crippen LogP contribution in [0, 0.1) is 5.92 Å². The Kier molecular flexibility index (Phi) is 7.28. The number of unbranched alkanes of at least 4 members (excludes halogenated alkanes) is 2. The lowest BCUT2D eigenvalue weighted by Gasteiger charge is -2.31. The molecule has 2 aromatic rings. The van der Waals surface area contributed by atoms with Gasteiger partial charge in [0.1, 0.15) is 0 Å². The highest BCUT2D eigenvalue weighted by Crippen LogP contribution is 2.43. The van der Waals surface area contributed by atoms with Crippen LogP contribution in [0.15, 0.2) is 30.5 Å². The van der Waals surface area contributed by atoms with E-state index in [0.717, 1.165) is 44.2 Å². The number of amides is 2. The number of carbonyl (C=O) groups excluding carboxylic acids is 2. The van der Waals surface area contributed by atoms with Gasteiger partial charge in [0.05, 0.1) is 28.7 Å². The lowest BCUT2D eigenvalue weighted by Crippen LogP contribution is -2.43. The molecule has 0 unspecified atom stereocenters. The molecule has 2 heterocycles. The second kappa shape index (κ2) is 10.2. The topological polar surface area (TPSA) is 67.2 Å². The number of piperidine rings is 1. The largest absolute Gasteiger partial charge is 0.416 e. The van der Waals surface area contributed by atoms with Crippen LogP contribution < -0.4 is 5.32 Å². The first-order valence-electron chi connectivity index (χ1n) is 12.1. The van der Waals surface area contributed by atoms with Gasteiger partial charge in [-0.1, -0.05) is 25.8 Å². The standard InChI is InChI=1S/C25H31F3N4O2/c1-2-3-4-12-29-23(33)18-10-13-31(14-11-18)24(34)21-16-30-32(22(21)17-8-9-17)20-7-5-6-19(15-20)25(26,27)28/h5-7,15-18H,2-4,8-14H2,1H3,(H,29,33). The molecule has 184 valence electrons. The Morgan fingerprint density at radius 2 is 1.85 bits per heavy atom. The number of hydrogen-bond donors (Lipinski definition) is 1. The van der Waals surface area contributed by atoms with Gasteiger partial charge in [-0.15, -0.1) is 0 Å². The van der Waals surface area contributed by atoms with Crippen LogP contribution >= 0.6 is 0 Å². The molecule has 1 saturated carbocycles. The third-order valence-corrected chi connectivity index (χ3v) is 6.65. The third-order valence-electron chi connectivity index (χ3n) is 6.65. The number of likely N-dealkylation sites (tertiary alicyclic amines) is 1. The highest BCUT2D eigenvalue weighted by molar-refractivity contribution is 5.96. The summed E-state index contributed by atoms with van der Waals surface area (Å²) in [6, 6.07) is 5.03. The van der Waals surface area contributed by atoms with Gasteiger partial charge in [-0.25, -0.2) is 4.68 Å². The van der Waals surface area contributed by atoms with Gasteiger partial charge in [0.25, 0.3) is 5.91 Å². The van der Waals surface area contributed by atoms with Crippen molar-refractivity contribution in [2.24, 2.45) is 5.92 Å². The molecule has 0 atom stereocenters. The van der Waals surface area contributed by atoms with E-state index in [9.17, 15) is 22.8 Å². The van der Waals surface area contributed by atoms with Crippen LogP contribution in [0.2, 0.25) is 0 Å². The van der Waals surface area contributed by atoms with E-state index < -0.39 is 11.7 Å². The van der Waals surface area contributed by atoms with Crippen LogP contribution in [0.1, 0.15) is 79.4 Å². The van der Waals surface area contributed by atoms with Gasteiger partial charge in [0, 0.05) is 31.5 Å². The van der Waals surface area contributed by atoms with E-state index in [1.165, 1.54) is 16.9 Å². The van der Waals surface area contributed by atoms with Crippen molar-refractivity contribution in [3.63, 3.8) is 0 Å². The molecule has 1 aromatic carbocycles. The molecule has 0 radical (unpaired) electrons. The van der Waals surface area contributed by atoms with Gasteiger partial charge in [0.2, 0.25) is 5.91 Å². The van der Waals surface area contributed by atoms with Gasteiger partial charge in [-0.05, 0) is 50.3 Å². The summed E-state index contributed by atoms with van der Waals surface area (Å²) in [4.78, 5) is 27.5. The van der Waals surface area contributed by atoms with Crippen molar-refractivity contribution in [1.29, 1.82) is 0 Å². The number of benzene rings is 1. The first kappa shape index (κ1) is 24.3. The molecule has 1 aliphatic carbocycles. The molecular weight excluding hydrogens is 445 g/mol. The summed E-state index contributed by atoms with van der Waals surface area (Å²) in [6.45, 7) is 3.76. The molecule has 0 bridgehead atoms. The molecule has 1 aliphatic heterocycles. The Bertz CT molecular complexity index is 1020. The second-order valence-electron chi connectivity index (χ2n) is 9.24. The van der Waals surface area contributed by atoms with E-state index in [0.29, 0.717) is 49.4 Å². The smallest absolute Gasteiger partial charge is 0.356 e. The quantitative estimate of drug-likeness (QED) is 0.550. The summed E-state index contributed by atoms with van der Waals surface area (Å²) in [7, 11) is 0.